The number of benzene rings is 2. The number of halogens is 2. The maximum absolute atomic E-state index is 13.0. The third kappa shape index (κ3) is 5.41. The summed E-state index contributed by atoms with van der Waals surface area (Å²) >= 11 is 18.6. The van der Waals surface area contributed by atoms with Crippen molar-refractivity contribution in [2.45, 2.75) is 31.8 Å². The highest BCUT2D eigenvalue weighted by molar-refractivity contribution is 7.80. The first kappa shape index (κ1) is 26.2. The molecule has 3 heterocycles. The van der Waals surface area contributed by atoms with Crippen LogP contribution in [-0.4, -0.2) is 32.0 Å². The lowest BCUT2D eigenvalue weighted by atomic mass is 10.0. The monoisotopic (exact) mass is 563 g/mol. The summed E-state index contributed by atoms with van der Waals surface area (Å²) in [6, 6.07) is 22.7. The summed E-state index contributed by atoms with van der Waals surface area (Å²) in [4.78, 5) is 19.7. The summed E-state index contributed by atoms with van der Waals surface area (Å²) in [5.41, 5.74) is 4.58. The number of anilines is 1. The minimum Gasteiger partial charge on any atom is -0.352 e. The molecule has 0 aliphatic carbocycles. The van der Waals surface area contributed by atoms with Crippen molar-refractivity contribution in [1.82, 2.24) is 19.8 Å². The molecule has 194 valence electrons. The molecule has 0 unspecified atom stereocenters. The van der Waals surface area contributed by atoms with Gasteiger partial charge in [0.1, 0.15) is 0 Å². The average Bonchev–Trinajstić information content (AvgIpc) is 3.52. The van der Waals surface area contributed by atoms with Crippen LogP contribution in [0, 0.1) is 0 Å². The predicted molar refractivity (Wildman–Crippen MR) is 157 cm³/mol. The molecule has 2 aromatic carbocycles. The number of para-hydroxylation sites is 1. The van der Waals surface area contributed by atoms with E-state index in [0.717, 1.165) is 34.7 Å². The van der Waals surface area contributed by atoms with Crippen LogP contribution in [0.3, 0.4) is 0 Å². The van der Waals surface area contributed by atoms with E-state index in [4.69, 9.17) is 35.4 Å². The fourth-order valence-electron chi connectivity index (χ4n) is 4.88. The van der Waals surface area contributed by atoms with Gasteiger partial charge in [-0.05, 0) is 72.7 Å². The van der Waals surface area contributed by atoms with Gasteiger partial charge in [0.15, 0.2) is 5.11 Å². The number of carbonyl (C=O) groups excluding carboxylic acids is 1. The van der Waals surface area contributed by atoms with Crippen LogP contribution in [-0.2, 0) is 11.2 Å². The molecule has 1 saturated heterocycles. The van der Waals surface area contributed by atoms with Crippen LogP contribution in [0.25, 0.3) is 5.69 Å². The first-order valence-electron chi connectivity index (χ1n) is 12.4. The van der Waals surface area contributed by atoms with Crippen LogP contribution in [0.1, 0.15) is 42.4 Å². The van der Waals surface area contributed by atoms with Gasteiger partial charge >= 0.3 is 0 Å². The van der Waals surface area contributed by atoms with Gasteiger partial charge in [-0.15, -0.1) is 0 Å². The van der Waals surface area contributed by atoms with Crippen LogP contribution < -0.4 is 10.6 Å². The summed E-state index contributed by atoms with van der Waals surface area (Å²) in [6.45, 7) is 2.50. The SMILES string of the molecule is CCc1ccccc1NC(=O)CCN1C(=S)N[C@@H](c2ccccn2)[C@H]1c1cccn1-c1ccc(Cl)cc1Cl. The van der Waals surface area contributed by atoms with Gasteiger partial charge in [0.05, 0.1) is 28.5 Å². The second-order valence-corrected chi connectivity index (χ2v) is 10.3. The molecule has 0 saturated carbocycles. The van der Waals surface area contributed by atoms with Crippen molar-refractivity contribution in [2.24, 2.45) is 0 Å². The number of hydrogen-bond acceptors (Lipinski definition) is 3. The number of amides is 1. The molecular weight excluding hydrogens is 537 g/mol. The number of rotatable bonds is 8. The first-order chi connectivity index (χ1) is 18.5. The molecule has 0 spiro atoms. The zero-order valence-electron chi connectivity index (χ0n) is 20.8. The largest absolute Gasteiger partial charge is 0.352 e. The zero-order chi connectivity index (χ0) is 26.6. The smallest absolute Gasteiger partial charge is 0.226 e. The maximum atomic E-state index is 13.0. The number of nitrogens with zero attached hydrogens (tertiary/aromatic N) is 3. The summed E-state index contributed by atoms with van der Waals surface area (Å²) in [5.74, 6) is -0.0649. The third-order valence-corrected chi connectivity index (χ3v) is 7.59. The highest BCUT2D eigenvalue weighted by Gasteiger charge is 2.41. The van der Waals surface area contributed by atoms with Crippen LogP contribution in [0.5, 0.6) is 0 Å². The number of nitrogens with one attached hydrogen (secondary N) is 2. The van der Waals surface area contributed by atoms with Crippen molar-refractivity contribution >= 4 is 52.1 Å². The Morgan fingerprint density at radius 2 is 1.89 bits per heavy atom. The number of aromatic nitrogens is 2. The number of thiocarbonyl (C=S) groups is 1. The van der Waals surface area contributed by atoms with Gasteiger partial charge in [-0.3, -0.25) is 9.78 Å². The molecular formula is C29H27Cl2N5OS. The maximum Gasteiger partial charge on any atom is 0.226 e. The Kier molecular flexibility index (Phi) is 7.98. The molecule has 2 aromatic heterocycles. The topological polar surface area (TPSA) is 62.2 Å². The third-order valence-electron chi connectivity index (χ3n) is 6.70. The molecule has 6 nitrogen and oxygen atoms in total. The Morgan fingerprint density at radius 3 is 2.66 bits per heavy atom. The van der Waals surface area contributed by atoms with Crippen molar-refractivity contribution in [1.29, 1.82) is 0 Å². The minimum absolute atomic E-state index is 0.0649. The summed E-state index contributed by atoms with van der Waals surface area (Å²) in [5, 5.41) is 8.20. The summed E-state index contributed by atoms with van der Waals surface area (Å²) in [6.07, 6.45) is 4.85. The molecule has 1 amide bonds. The molecule has 0 bridgehead atoms. The van der Waals surface area contributed by atoms with Crippen LogP contribution in [0.2, 0.25) is 10.0 Å². The van der Waals surface area contributed by atoms with E-state index in [2.05, 4.69) is 27.4 Å². The van der Waals surface area contributed by atoms with Crippen molar-refractivity contribution in [3.05, 3.63) is 112 Å². The van der Waals surface area contributed by atoms with Crippen LogP contribution >= 0.6 is 35.4 Å². The molecule has 9 heteroatoms. The second-order valence-electron chi connectivity index (χ2n) is 9.03. The van der Waals surface area contributed by atoms with Gasteiger partial charge in [0.25, 0.3) is 0 Å². The standard InChI is InChI=1S/C29H27Cl2N5OS/c1-2-19-8-3-4-9-22(19)33-26(37)14-17-36-28(27(34-29(36)38)23-10-5-6-15-32-23)25-11-7-16-35(25)24-13-12-20(30)18-21(24)31/h3-13,15-16,18,27-28H,2,14,17H2,1H3,(H,33,37)(H,34,38)/t27-,28+/m0/s1. The van der Waals surface area contributed by atoms with Gasteiger partial charge < -0.3 is 20.1 Å². The van der Waals surface area contributed by atoms with E-state index < -0.39 is 0 Å². The Morgan fingerprint density at radius 1 is 1.08 bits per heavy atom. The van der Waals surface area contributed by atoms with E-state index in [9.17, 15) is 4.79 Å². The molecule has 1 aliphatic heterocycles. The molecule has 38 heavy (non-hydrogen) atoms. The number of hydrogen-bond donors (Lipinski definition) is 2. The van der Waals surface area contributed by atoms with E-state index in [-0.39, 0.29) is 24.4 Å². The molecule has 4 aromatic rings. The van der Waals surface area contributed by atoms with Gasteiger partial charge in [-0.2, -0.15) is 0 Å². The Labute approximate surface area is 237 Å². The van der Waals surface area contributed by atoms with E-state index in [1.807, 2.05) is 77.5 Å². The van der Waals surface area contributed by atoms with Crippen LogP contribution in [0.4, 0.5) is 5.69 Å². The molecule has 1 aliphatic rings. The summed E-state index contributed by atoms with van der Waals surface area (Å²) < 4.78 is 2.04. The zero-order valence-corrected chi connectivity index (χ0v) is 23.1. The Hall–Kier alpha value is -3.39. The highest BCUT2D eigenvalue weighted by Crippen LogP contribution is 2.40. The predicted octanol–water partition coefficient (Wildman–Crippen LogP) is 6.74. The normalized spacial score (nSPS) is 16.9. The van der Waals surface area contributed by atoms with E-state index in [1.54, 1.807) is 12.3 Å². The van der Waals surface area contributed by atoms with Crippen molar-refractivity contribution in [3.63, 3.8) is 0 Å². The van der Waals surface area contributed by atoms with Crippen LogP contribution in [0.15, 0.2) is 85.2 Å². The molecule has 5 rings (SSSR count). The lowest BCUT2D eigenvalue weighted by Crippen LogP contribution is -2.33. The Bertz CT molecular complexity index is 1460. The molecule has 1 fully saturated rings. The quantitative estimate of drug-likeness (QED) is 0.232. The van der Waals surface area contributed by atoms with Crippen molar-refractivity contribution in [2.75, 3.05) is 11.9 Å². The van der Waals surface area contributed by atoms with E-state index in [0.29, 0.717) is 21.7 Å². The average molecular weight is 565 g/mol. The lowest BCUT2D eigenvalue weighted by Gasteiger charge is -2.29. The minimum atomic E-state index is -0.227. The first-order valence-corrected chi connectivity index (χ1v) is 13.6. The fraction of sp³-hybridized carbons (Fsp3) is 0.207. The van der Waals surface area contributed by atoms with Gasteiger partial charge in [0.2, 0.25) is 5.91 Å². The Balaban J connectivity index is 1.45. The summed E-state index contributed by atoms with van der Waals surface area (Å²) in [7, 11) is 0. The van der Waals surface area contributed by atoms with Gasteiger partial charge in [0, 0.05) is 41.8 Å². The molecule has 2 N–H and O–H groups in total. The second kappa shape index (κ2) is 11.6. The lowest BCUT2D eigenvalue weighted by molar-refractivity contribution is -0.116. The highest BCUT2D eigenvalue weighted by atomic mass is 35.5. The fourth-order valence-corrected chi connectivity index (χ4v) is 5.72. The van der Waals surface area contributed by atoms with E-state index >= 15 is 0 Å². The number of aryl methyl sites for hydroxylation is 1. The number of carbonyl (C=O) groups is 1. The molecule has 0 radical (unpaired) electrons. The van der Waals surface area contributed by atoms with Gasteiger partial charge in [-0.1, -0.05) is 54.4 Å². The van der Waals surface area contributed by atoms with Crippen molar-refractivity contribution < 1.29 is 4.79 Å². The van der Waals surface area contributed by atoms with Crippen molar-refractivity contribution in [3.8, 4) is 5.69 Å². The molecule has 2 atom stereocenters. The van der Waals surface area contributed by atoms with E-state index in [1.165, 1.54) is 0 Å². The van der Waals surface area contributed by atoms with Gasteiger partial charge in [-0.25, -0.2) is 0 Å². The number of pyridine rings is 1.